The summed E-state index contributed by atoms with van der Waals surface area (Å²) >= 11 is 0. The zero-order valence-electron chi connectivity index (χ0n) is 23.2. The fourth-order valence-corrected chi connectivity index (χ4v) is 5.88. The van der Waals surface area contributed by atoms with Crippen LogP contribution < -0.4 is 0 Å². The molecule has 0 radical (unpaired) electrons. The molecule has 1 N–H and O–H groups in total. The summed E-state index contributed by atoms with van der Waals surface area (Å²) < 4.78 is 33.9. The molecule has 0 amide bonds. The molecule has 0 saturated carbocycles. The highest BCUT2D eigenvalue weighted by Crippen LogP contribution is 2.29. The van der Waals surface area contributed by atoms with Gasteiger partial charge in [0.05, 0.1) is 4.90 Å². The number of rotatable bonds is 21. The number of hydrogen-bond acceptors (Lipinski definition) is 2. The van der Waals surface area contributed by atoms with E-state index < -0.39 is 10.1 Å². The highest BCUT2D eigenvalue weighted by atomic mass is 32.2. The van der Waals surface area contributed by atoms with E-state index in [0.29, 0.717) is 0 Å². The van der Waals surface area contributed by atoms with Gasteiger partial charge in [0, 0.05) is 0 Å². The third-order valence-corrected chi connectivity index (χ3v) is 8.37. The van der Waals surface area contributed by atoms with Crippen molar-refractivity contribution in [3.8, 4) is 0 Å². The van der Waals surface area contributed by atoms with Crippen molar-refractivity contribution in [2.75, 3.05) is 0 Å². The van der Waals surface area contributed by atoms with Crippen molar-refractivity contribution in [2.24, 2.45) is 0 Å². The standard InChI is InChI=1S/C32H52O3S/c1-3-5-7-9-11-13-15-17-19-22-28-24-21-25-31-29(26-30(27-32(28)31)36(33,34)35)23-20-18-16-14-12-10-8-6-4-2/h21,24-27H,3-20,22-23H2,1-2H3,(H,33,34,35). The molecule has 0 unspecified atom stereocenters. The summed E-state index contributed by atoms with van der Waals surface area (Å²) in [5.41, 5.74) is 2.26. The summed E-state index contributed by atoms with van der Waals surface area (Å²) in [7, 11) is -4.23. The van der Waals surface area contributed by atoms with Gasteiger partial charge in [-0.15, -0.1) is 0 Å². The lowest BCUT2D eigenvalue weighted by Gasteiger charge is -2.13. The predicted molar refractivity (Wildman–Crippen MR) is 156 cm³/mol. The van der Waals surface area contributed by atoms with Crippen molar-refractivity contribution in [3.63, 3.8) is 0 Å². The van der Waals surface area contributed by atoms with Gasteiger partial charge < -0.3 is 0 Å². The zero-order valence-corrected chi connectivity index (χ0v) is 24.0. The molecule has 2 rings (SSSR count). The third-order valence-electron chi connectivity index (χ3n) is 7.54. The van der Waals surface area contributed by atoms with E-state index in [2.05, 4.69) is 32.0 Å². The van der Waals surface area contributed by atoms with Gasteiger partial charge in [-0.25, -0.2) is 0 Å². The largest absolute Gasteiger partial charge is 0.294 e. The Morgan fingerprint density at radius 2 is 1.00 bits per heavy atom. The first-order chi connectivity index (χ1) is 17.5. The highest BCUT2D eigenvalue weighted by molar-refractivity contribution is 7.85. The average Bonchev–Trinajstić information content (AvgIpc) is 2.86. The normalized spacial score (nSPS) is 12.0. The van der Waals surface area contributed by atoms with Gasteiger partial charge in [-0.05, 0) is 59.7 Å². The van der Waals surface area contributed by atoms with Crippen LogP contribution in [-0.4, -0.2) is 13.0 Å². The van der Waals surface area contributed by atoms with Crippen molar-refractivity contribution in [1.82, 2.24) is 0 Å². The molecule has 2 aromatic carbocycles. The molecule has 0 aliphatic carbocycles. The molecule has 0 fully saturated rings. The molecule has 0 spiro atoms. The first-order valence-corrected chi connectivity index (χ1v) is 16.4. The maximum absolute atomic E-state index is 12.0. The van der Waals surface area contributed by atoms with Crippen molar-refractivity contribution in [3.05, 3.63) is 41.5 Å². The number of hydrogen-bond donors (Lipinski definition) is 1. The van der Waals surface area contributed by atoms with E-state index in [-0.39, 0.29) is 4.90 Å². The van der Waals surface area contributed by atoms with Crippen LogP contribution in [0.15, 0.2) is 35.2 Å². The Hall–Kier alpha value is -1.39. The SMILES string of the molecule is CCCCCCCCCCCc1cc(S(=O)(=O)O)cc2c(CCCCCCCCCCC)cccc12. The Bertz CT molecular complexity index is 965. The molecule has 36 heavy (non-hydrogen) atoms. The lowest BCUT2D eigenvalue weighted by Crippen LogP contribution is -2.01. The van der Waals surface area contributed by atoms with Gasteiger partial charge in [0.1, 0.15) is 0 Å². The molecular weight excluding hydrogens is 464 g/mol. The van der Waals surface area contributed by atoms with Crippen LogP contribution in [-0.2, 0) is 23.0 Å². The maximum Gasteiger partial charge on any atom is 0.294 e. The fourth-order valence-electron chi connectivity index (χ4n) is 5.32. The molecule has 0 bridgehead atoms. The van der Waals surface area contributed by atoms with Crippen LogP contribution in [0.5, 0.6) is 0 Å². The summed E-state index contributed by atoms with van der Waals surface area (Å²) in [4.78, 5) is 0.0421. The smallest absolute Gasteiger partial charge is 0.282 e. The molecule has 0 aliphatic rings. The second-order valence-electron chi connectivity index (χ2n) is 10.7. The quantitative estimate of drug-likeness (QED) is 0.133. The van der Waals surface area contributed by atoms with E-state index in [4.69, 9.17) is 0 Å². The van der Waals surface area contributed by atoms with Crippen LogP contribution in [0.3, 0.4) is 0 Å². The molecular formula is C32H52O3S. The summed E-state index contributed by atoms with van der Waals surface area (Å²) in [6.07, 6.45) is 24.9. The molecule has 4 heteroatoms. The summed E-state index contributed by atoms with van der Waals surface area (Å²) in [6, 6.07) is 9.74. The van der Waals surface area contributed by atoms with Crippen molar-refractivity contribution in [1.29, 1.82) is 0 Å². The van der Waals surface area contributed by atoms with Gasteiger partial charge in [0.15, 0.2) is 0 Å². The molecule has 2 aromatic rings. The predicted octanol–water partition coefficient (Wildman–Crippen LogP) is 10.2. The molecule has 0 aromatic heterocycles. The van der Waals surface area contributed by atoms with E-state index in [1.807, 2.05) is 0 Å². The first kappa shape index (κ1) is 30.8. The summed E-state index contributed by atoms with van der Waals surface area (Å²) in [5, 5.41) is 2.15. The Labute approximate surface area is 222 Å². The number of unbranched alkanes of at least 4 members (excludes halogenated alkanes) is 16. The fraction of sp³-hybridized carbons (Fsp3) is 0.688. The van der Waals surface area contributed by atoms with Crippen LogP contribution in [0, 0.1) is 0 Å². The minimum absolute atomic E-state index is 0.0421. The van der Waals surface area contributed by atoms with Gasteiger partial charge in [0.2, 0.25) is 0 Å². The number of fused-ring (bicyclic) bond motifs is 1. The minimum atomic E-state index is -4.23. The first-order valence-electron chi connectivity index (χ1n) is 15.0. The van der Waals surface area contributed by atoms with Crippen molar-refractivity contribution < 1.29 is 13.0 Å². The molecule has 0 heterocycles. The van der Waals surface area contributed by atoms with Gasteiger partial charge in [-0.1, -0.05) is 135 Å². The minimum Gasteiger partial charge on any atom is -0.282 e. The zero-order chi connectivity index (χ0) is 26.1. The van der Waals surface area contributed by atoms with Gasteiger partial charge in [0.25, 0.3) is 10.1 Å². The Morgan fingerprint density at radius 3 is 1.47 bits per heavy atom. The number of benzene rings is 2. The number of aryl methyl sites for hydroxylation is 2. The van der Waals surface area contributed by atoms with Crippen LogP contribution in [0.4, 0.5) is 0 Å². The van der Waals surface area contributed by atoms with Gasteiger partial charge in [-0.2, -0.15) is 8.42 Å². The highest BCUT2D eigenvalue weighted by Gasteiger charge is 2.15. The molecule has 0 aliphatic heterocycles. The molecule has 0 saturated heterocycles. The van der Waals surface area contributed by atoms with Crippen molar-refractivity contribution >= 4 is 20.9 Å². The Kier molecular flexibility index (Phi) is 15.4. The second-order valence-corrected chi connectivity index (χ2v) is 12.1. The van der Waals surface area contributed by atoms with Crippen LogP contribution in [0.2, 0.25) is 0 Å². The molecule has 3 nitrogen and oxygen atoms in total. The van der Waals surface area contributed by atoms with E-state index in [1.54, 1.807) is 12.1 Å². The molecule has 0 atom stereocenters. The third kappa shape index (κ3) is 11.8. The van der Waals surface area contributed by atoms with E-state index in [0.717, 1.165) is 42.0 Å². The molecule has 204 valence electrons. The maximum atomic E-state index is 12.0. The van der Waals surface area contributed by atoms with Gasteiger partial charge in [-0.3, -0.25) is 4.55 Å². The topological polar surface area (TPSA) is 54.4 Å². The van der Waals surface area contributed by atoms with E-state index in [9.17, 15) is 13.0 Å². The van der Waals surface area contributed by atoms with Crippen LogP contribution >= 0.6 is 0 Å². The van der Waals surface area contributed by atoms with Crippen LogP contribution in [0.25, 0.3) is 10.8 Å². The van der Waals surface area contributed by atoms with Crippen molar-refractivity contribution in [2.45, 2.75) is 147 Å². The Morgan fingerprint density at radius 1 is 0.556 bits per heavy atom. The lowest BCUT2D eigenvalue weighted by atomic mass is 9.94. The summed E-state index contributed by atoms with van der Waals surface area (Å²) in [6.45, 7) is 4.51. The summed E-state index contributed by atoms with van der Waals surface area (Å²) in [5.74, 6) is 0. The second kappa shape index (κ2) is 18.0. The lowest BCUT2D eigenvalue weighted by molar-refractivity contribution is 0.483. The Balaban J connectivity index is 1.93. The monoisotopic (exact) mass is 516 g/mol. The van der Waals surface area contributed by atoms with Gasteiger partial charge >= 0.3 is 0 Å². The van der Waals surface area contributed by atoms with E-state index >= 15 is 0 Å². The average molecular weight is 517 g/mol. The van der Waals surface area contributed by atoms with Crippen LogP contribution in [0.1, 0.15) is 141 Å². The van der Waals surface area contributed by atoms with E-state index in [1.165, 1.54) is 108 Å².